The minimum atomic E-state index is 0.0253. The Balaban J connectivity index is 1.91. The number of rotatable bonds is 2. The van der Waals surface area contributed by atoms with Gasteiger partial charge in [0.05, 0.1) is 11.6 Å². The van der Waals surface area contributed by atoms with Crippen molar-refractivity contribution in [2.75, 3.05) is 0 Å². The van der Waals surface area contributed by atoms with E-state index in [1.54, 1.807) is 23.4 Å². The number of fused-ring (bicyclic) bond motifs is 1. The summed E-state index contributed by atoms with van der Waals surface area (Å²) in [5.74, 6) is 0.166. The van der Waals surface area contributed by atoms with E-state index in [1.165, 1.54) is 11.3 Å². The summed E-state index contributed by atoms with van der Waals surface area (Å²) in [5.41, 5.74) is 0.808. The fraction of sp³-hybridized carbons (Fsp3) is 0.462. The molecule has 0 spiro atoms. The zero-order valence-electron chi connectivity index (χ0n) is 10.5. The van der Waals surface area contributed by atoms with Gasteiger partial charge in [0.1, 0.15) is 4.70 Å². The van der Waals surface area contributed by atoms with Crippen LogP contribution in [0.15, 0.2) is 21.4 Å². The van der Waals surface area contributed by atoms with Crippen LogP contribution >= 0.6 is 23.1 Å². The fourth-order valence-electron chi connectivity index (χ4n) is 2.39. The van der Waals surface area contributed by atoms with Gasteiger partial charge in [0, 0.05) is 18.2 Å². The molecular weight excluding hydrogens is 278 g/mol. The number of hydrogen-bond acceptors (Lipinski definition) is 5. The van der Waals surface area contributed by atoms with E-state index in [2.05, 4.69) is 11.1 Å². The Morgan fingerprint density at radius 2 is 2.42 bits per heavy atom. The molecule has 2 aromatic heterocycles. The lowest BCUT2D eigenvalue weighted by molar-refractivity contribution is 0.700. The van der Waals surface area contributed by atoms with E-state index in [1.807, 2.05) is 11.4 Å². The zero-order chi connectivity index (χ0) is 13.4. The van der Waals surface area contributed by atoms with Crippen LogP contribution in [0.4, 0.5) is 0 Å². The average molecular weight is 291 g/mol. The molecule has 0 unspecified atom stereocenters. The van der Waals surface area contributed by atoms with Crippen molar-refractivity contribution in [3.63, 3.8) is 0 Å². The minimum Gasteiger partial charge on any atom is -0.290 e. The third kappa shape index (κ3) is 2.28. The SMILES string of the molecule is Cn1c(S[C@@H]2CC[C@@H](C#N)C2)nc2ccsc2c1=O. The van der Waals surface area contributed by atoms with E-state index in [-0.39, 0.29) is 11.5 Å². The molecule has 0 saturated heterocycles. The maximum Gasteiger partial charge on any atom is 0.271 e. The predicted octanol–water partition coefficient (Wildman–Crippen LogP) is 2.78. The van der Waals surface area contributed by atoms with Crippen LogP contribution in [-0.4, -0.2) is 14.8 Å². The largest absolute Gasteiger partial charge is 0.290 e. The molecule has 6 heteroatoms. The molecule has 4 nitrogen and oxygen atoms in total. The van der Waals surface area contributed by atoms with Crippen LogP contribution < -0.4 is 5.56 Å². The van der Waals surface area contributed by atoms with E-state index in [9.17, 15) is 4.79 Å². The first-order valence-corrected chi connectivity index (χ1v) is 7.95. The summed E-state index contributed by atoms with van der Waals surface area (Å²) in [4.78, 5) is 16.7. The molecule has 0 bridgehead atoms. The molecule has 1 aliphatic carbocycles. The molecule has 0 N–H and O–H groups in total. The lowest BCUT2D eigenvalue weighted by atomic mass is 10.1. The third-order valence-electron chi connectivity index (χ3n) is 3.49. The second kappa shape index (κ2) is 4.99. The lowest BCUT2D eigenvalue weighted by Gasteiger charge is -2.11. The van der Waals surface area contributed by atoms with Crippen molar-refractivity contribution in [2.45, 2.75) is 29.7 Å². The lowest BCUT2D eigenvalue weighted by Crippen LogP contribution is -2.19. The second-order valence-electron chi connectivity index (χ2n) is 4.77. The van der Waals surface area contributed by atoms with E-state index in [0.29, 0.717) is 9.95 Å². The highest BCUT2D eigenvalue weighted by atomic mass is 32.2. The molecule has 0 aliphatic heterocycles. The summed E-state index contributed by atoms with van der Waals surface area (Å²) in [6, 6.07) is 4.22. The van der Waals surface area contributed by atoms with Gasteiger partial charge in [-0.3, -0.25) is 9.36 Å². The van der Waals surface area contributed by atoms with Crippen LogP contribution in [0, 0.1) is 17.2 Å². The number of hydrogen-bond donors (Lipinski definition) is 0. The quantitative estimate of drug-likeness (QED) is 0.798. The standard InChI is InChI=1S/C13H13N3OS2/c1-16-12(17)11-10(4-5-18-11)15-13(16)19-9-3-2-8(6-9)7-14/h4-5,8-9H,2-3,6H2,1H3/t8-,9-/m1/s1. The van der Waals surface area contributed by atoms with Crippen molar-refractivity contribution >= 4 is 33.3 Å². The highest BCUT2D eigenvalue weighted by Gasteiger charge is 2.26. The molecule has 2 heterocycles. The summed E-state index contributed by atoms with van der Waals surface area (Å²) in [5, 5.41) is 12.0. The highest BCUT2D eigenvalue weighted by Crippen LogP contribution is 2.36. The fourth-order valence-corrected chi connectivity index (χ4v) is 4.46. The summed E-state index contributed by atoms with van der Waals surface area (Å²) in [7, 11) is 1.77. The molecule has 2 atom stereocenters. The third-order valence-corrected chi connectivity index (χ3v) is 5.71. The first-order chi connectivity index (χ1) is 9.19. The Labute approximate surface area is 119 Å². The highest BCUT2D eigenvalue weighted by molar-refractivity contribution is 7.99. The Bertz CT molecular complexity index is 713. The van der Waals surface area contributed by atoms with Gasteiger partial charge in [-0.25, -0.2) is 4.98 Å². The zero-order valence-corrected chi connectivity index (χ0v) is 12.1. The van der Waals surface area contributed by atoms with E-state index in [4.69, 9.17) is 5.26 Å². The molecule has 98 valence electrons. The second-order valence-corrected chi connectivity index (χ2v) is 6.96. The van der Waals surface area contributed by atoms with Crippen LogP contribution in [0.5, 0.6) is 0 Å². The van der Waals surface area contributed by atoms with Crippen LogP contribution in [-0.2, 0) is 7.05 Å². The van der Waals surface area contributed by atoms with Crippen LogP contribution in [0.25, 0.3) is 10.2 Å². The first-order valence-electron chi connectivity index (χ1n) is 6.19. The first kappa shape index (κ1) is 12.7. The maximum absolute atomic E-state index is 12.2. The molecule has 1 aliphatic rings. The van der Waals surface area contributed by atoms with Crippen molar-refractivity contribution in [3.8, 4) is 6.07 Å². The van der Waals surface area contributed by atoms with Gasteiger partial charge in [-0.05, 0) is 30.7 Å². The van der Waals surface area contributed by atoms with Gasteiger partial charge in [0.15, 0.2) is 5.16 Å². The average Bonchev–Trinajstić information content (AvgIpc) is 3.04. The molecule has 0 aromatic carbocycles. The number of nitrogens with zero attached hydrogens (tertiary/aromatic N) is 3. The van der Waals surface area contributed by atoms with E-state index in [0.717, 1.165) is 29.9 Å². The van der Waals surface area contributed by atoms with E-state index < -0.39 is 0 Å². The topological polar surface area (TPSA) is 58.7 Å². The van der Waals surface area contributed by atoms with Crippen LogP contribution in [0.3, 0.4) is 0 Å². The number of thiophene rings is 1. The van der Waals surface area contributed by atoms with Crippen LogP contribution in [0.1, 0.15) is 19.3 Å². The van der Waals surface area contributed by atoms with Gasteiger partial charge >= 0.3 is 0 Å². The molecule has 19 heavy (non-hydrogen) atoms. The molecule has 3 rings (SSSR count). The van der Waals surface area contributed by atoms with Crippen molar-refractivity contribution < 1.29 is 0 Å². The Morgan fingerprint density at radius 1 is 1.58 bits per heavy atom. The van der Waals surface area contributed by atoms with Gasteiger partial charge < -0.3 is 0 Å². The van der Waals surface area contributed by atoms with Crippen molar-refractivity contribution in [1.82, 2.24) is 9.55 Å². The minimum absolute atomic E-state index is 0.0253. The Hall–Kier alpha value is -1.32. The van der Waals surface area contributed by atoms with Crippen molar-refractivity contribution in [2.24, 2.45) is 13.0 Å². The van der Waals surface area contributed by atoms with Gasteiger partial charge in [0.25, 0.3) is 5.56 Å². The van der Waals surface area contributed by atoms with Gasteiger partial charge in [0.2, 0.25) is 0 Å². The maximum atomic E-state index is 12.2. The predicted molar refractivity (Wildman–Crippen MR) is 77.5 cm³/mol. The van der Waals surface area contributed by atoms with E-state index >= 15 is 0 Å². The number of thioether (sulfide) groups is 1. The molecule has 0 radical (unpaired) electrons. The summed E-state index contributed by atoms with van der Waals surface area (Å²) in [6.45, 7) is 0. The summed E-state index contributed by atoms with van der Waals surface area (Å²) >= 11 is 3.07. The molecule has 1 fully saturated rings. The molecule has 1 saturated carbocycles. The molecule has 0 amide bonds. The van der Waals surface area contributed by atoms with Gasteiger partial charge in [-0.1, -0.05) is 11.8 Å². The van der Waals surface area contributed by atoms with Crippen molar-refractivity contribution in [3.05, 3.63) is 21.8 Å². The number of aromatic nitrogens is 2. The normalized spacial score (nSPS) is 22.7. The Morgan fingerprint density at radius 3 is 3.16 bits per heavy atom. The smallest absolute Gasteiger partial charge is 0.271 e. The van der Waals surface area contributed by atoms with Gasteiger partial charge in [-0.2, -0.15) is 5.26 Å². The van der Waals surface area contributed by atoms with Crippen LogP contribution in [0.2, 0.25) is 0 Å². The monoisotopic (exact) mass is 291 g/mol. The van der Waals surface area contributed by atoms with Gasteiger partial charge in [-0.15, -0.1) is 11.3 Å². The number of nitriles is 1. The molecular formula is C13H13N3OS2. The Kier molecular flexibility index (Phi) is 3.33. The summed E-state index contributed by atoms with van der Waals surface area (Å²) < 4.78 is 2.34. The molecule has 2 aromatic rings. The van der Waals surface area contributed by atoms with Crippen molar-refractivity contribution in [1.29, 1.82) is 5.26 Å². The summed E-state index contributed by atoms with van der Waals surface area (Å²) in [6.07, 6.45) is 2.89.